The molecule has 0 radical (unpaired) electrons. The van der Waals surface area contributed by atoms with E-state index in [2.05, 4.69) is 12.1 Å². The molecule has 0 spiro atoms. The smallest absolute Gasteiger partial charge is 0.308 e. The van der Waals surface area contributed by atoms with Crippen LogP contribution in [-0.2, 0) is 28.8 Å². The van der Waals surface area contributed by atoms with Crippen molar-refractivity contribution in [2.24, 2.45) is 28.8 Å². The van der Waals surface area contributed by atoms with Crippen LogP contribution >= 0.6 is 0 Å². The lowest BCUT2D eigenvalue weighted by Gasteiger charge is -2.43. The summed E-state index contributed by atoms with van der Waals surface area (Å²) < 4.78 is 5.99. The molecule has 2 rings (SSSR count). The van der Waals surface area contributed by atoms with Crippen LogP contribution in [-0.4, -0.2) is 58.2 Å². The first-order chi connectivity index (χ1) is 18.6. The van der Waals surface area contributed by atoms with E-state index in [1.807, 2.05) is 20.8 Å². The molecule has 0 aromatic heterocycles. The molecule has 2 aliphatic carbocycles. The molecule has 0 saturated heterocycles. The second-order valence-electron chi connectivity index (χ2n) is 11.1. The first-order valence-electron chi connectivity index (χ1n) is 14.7. The summed E-state index contributed by atoms with van der Waals surface area (Å²) >= 11 is 0. The van der Waals surface area contributed by atoms with Crippen molar-refractivity contribution >= 4 is 29.2 Å². The van der Waals surface area contributed by atoms with Gasteiger partial charge in [-0.1, -0.05) is 52.1 Å². The number of Topliss-reactive ketones (excluding diaryl/α,β-unsaturated/α-hetero) is 1. The van der Waals surface area contributed by atoms with E-state index in [1.165, 1.54) is 12.8 Å². The lowest BCUT2D eigenvalue weighted by molar-refractivity contribution is -0.158. The van der Waals surface area contributed by atoms with Gasteiger partial charge in [-0.15, -0.1) is 0 Å². The molecule has 0 bridgehead atoms. The van der Waals surface area contributed by atoms with Gasteiger partial charge in [0.15, 0.2) is 5.78 Å². The molecule has 1 fully saturated rings. The average Bonchev–Trinajstić information content (AvgIpc) is 2.88. The van der Waals surface area contributed by atoms with Crippen LogP contribution in [0.25, 0.3) is 0 Å². The van der Waals surface area contributed by atoms with Gasteiger partial charge in [0, 0.05) is 24.7 Å². The molecule has 6 unspecified atom stereocenters. The molecule has 6 atom stereocenters. The number of carboxylic acids is 1. The number of aliphatic hydroxyl groups excluding tert-OH is 1. The minimum atomic E-state index is -1.24. The molecule has 0 aromatic rings. The van der Waals surface area contributed by atoms with Crippen molar-refractivity contribution in [1.29, 1.82) is 0 Å². The molecular formula is C30H47NO8. The second kappa shape index (κ2) is 16.5. The van der Waals surface area contributed by atoms with Crippen LogP contribution in [0, 0.1) is 23.7 Å². The summed E-state index contributed by atoms with van der Waals surface area (Å²) in [6.45, 7) is 8.25. The van der Waals surface area contributed by atoms with Gasteiger partial charge in [-0.25, -0.2) is 0 Å². The first-order valence-corrected chi connectivity index (χ1v) is 14.7. The number of ketones is 2. The number of hydrogen-bond donors (Lipinski definition) is 2. The topological polar surface area (TPSA) is 140 Å². The second-order valence-corrected chi connectivity index (χ2v) is 11.1. The maximum Gasteiger partial charge on any atom is 0.308 e. The van der Waals surface area contributed by atoms with Gasteiger partial charge < -0.3 is 19.8 Å². The number of esters is 1. The van der Waals surface area contributed by atoms with Crippen LogP contribution < -0.4 is 0 Å². The Morgan fingerprint density at radius 1 is 1.13 bits per heavy atom. The number of aliphatic hydroxyl groups is 1. The van der Waals surface area contributed by atoms with Crippen molar-refractivity contribution in [2.75, 3.05) is 6.61 Å². The van der Waals surface area contributed by atoms with Crippen LogP contribution in [0.5, 0.6) is 0 Å². The highest BCUT2D eigenvalue weighted by molar-refractivity contribution is 6.08. The number of ether oxygens (including phenoxy) is 1. The third-order valence-electron chi connectivity index (χ3n) is 8.03. The van der Waals surface area contributed by atoms with E-state index in [-0.39, 0.29) is 54.0 Å². The highest BCUT2D eigenvalue weighted by Gasteiger charge is 2.46. The van der Waals surface area contributed by atoms with Crippen LogP contribution in [0.4, 0.5) is 0 Å². The zero-order chi connectivity index (χ0) is 28.9. The molecule has 220 valence electrons. The molecular weight excluding hydrogens is 502 g/mol. The van der Waals surface area contributed by atoms with E-state index >= 15 is 0 Å². The van der Waals surface area contributed by atoms with Crippen LogP contribution in [0.1, 0.15) is 105 Å². The van der Waals surface area contributed by atoms with Gasteiger partial charge in [0.25, 0.3) is 0 Å². The van der Waals surface area contributed by atoms with E-state index in [4.69, 9.17) is 14.7 Å². The lowest BCUT2D eigenvalue weighted by Crippen LogP contribution is -2.46. The Balaban J connectivity index is 2.21. The van der Waals surface area contributed by atoms with Gasteiger partial charge >= 0.3 is 11.9 Å². The summed E-state index contributed by atoms with van der Waals surface area (Å²) in [5.41, 5.74) is 1.42. The quantitative estimate of drug-likeness (QED) is 0.146. The minimum Gasteiger partial charge on any atom is -0.481 e. The fourth-order valence-electron chi connectivity index (χ4n) is 5.44. The summed E-state index contributed by atoms with van der Waals surface area (Å²) in [6.07, 6.45) is 6.85. The van der Waals surface area contributed by atoms with Crippen molar-refractivity contribution in [3.63, 3.8) is 0 Å². The van der Waals surface area contributed by atoms with Gasteiger partial charge in [-0.05, 0) is 56.1 Å². The Morgan fingerprint density at radius 3 is 2.51 bits per heavy atom. The molecule has 0 aliphatic heterocycles. The molecule has 1 saturated carbocycles. The van der Waals surface area contributed by atoms with Crippen molar-refractivity contribution < 1.29 is 39.0 Å². The minimum absolute atomic E-state index is 0.0641. The van der Waals surface area contributed by atoms with Gasteiger partial charge in [0.05, 0.1) is 24.2 Å². The Labute approximate surface area is 232 Å². The zero-order valence-electron chi connectivity index (χ0n) is 24.0. The van der Waals surface area contributed by atoms with Crippen LogP contribution in [0.2, 0.25) is 0 Å². The summed E-state index contributed by atoms with van der Waals surface area (Å²) in [5.74, 6) is -2.98. The van der Waals surface area contributed by atoms with Crippen molar-refractivity contribution in [3.8, 4) is 0 Å². The highest BCUT2D eigenvalue weighted by atomic mass is 16.6. The summed E-state index contributed by atoms with van der Waals surface area (Å²) in [6, 6.07) is 0. The van der Waals surface area contributed by atoms with Crippen molar-refractivity contribution in [3.05, 3.63) is 11.6 Å². The number of carbonyl (C=O) groups is 4. The number of hydrogen-bond acceptors (Lipinski definition) is 8. The van der Waals surface area contributed by atoms with Gasteiger partial charge in [0.1, 0.15) is 18.5 Å². The van der Waals surface area contributed by atoms with E-state index < -0.39 is 24.6 Å². The Hall–Kier alpha value is -2.55. The van der Waals surface area contributed by atoms with E-state index in [1.54, 1.807) is 6.08 Å². The molecule has 2 aliphatic rings. The maximum absolute atomic E-state index is 13.0. The molecule has 0 aromatic carbocycles. The first kappa shape index (κ1) is 32.7. The van der Waals surface area contributed by atoms with E-state index in [0.717, 1.165) is 24.8 Å². The molecule has 2 N–H and O–H groups in total. The Kier molecular flexibility index (Phi) is 13.8. The standard InChI is InChI=1S/C30H47NO8/c1-5-7-8-9-10-15-38-31-25-13-14-27(39-30(37)19(3)6-2)29-23(20(4)26(34)18-24(25)29)12-11-21(32)16-22(33)17-28(35)36/h18-20,22-23,27,29,33H,5-17H2,1-4H3,(H,35,36). The van der Waals surface area contributed by atoms with E-state index in [0.29, 0.717) is 38.0 Å². The largest absolute Gasteiger partial charge is 0.481 e. The van der Waals surface area contributed by atoms with Gasteiger partial charge in [-0.3, -0.25) is 19.2 Å². The molecule has 9 heteroatoms. The summed E-state index contributed by atoms with van der Waals surface area (Å²) in [5, 5.41) is 23.1. The highest BCUT2D eigenvalue weighted by Crippen LogP contribution is 2.44. The Morgan fingerprint density at radius 2 is 1.85 bits per heavy atom. The number of fused-ring (bicyclic) bond motifs is 1. The fourth-order valence-corrected chi connectivity index (χ4v) is 5.44. The van der Waals surface area contributed by atoms with E-state index in [9.17, 15) is 24.3 Å². The predicted octanol–water partition coefficient (Wildman–Crippen LogP) is 5.03. The maximum atomic E-state index is 13.0. The predicted molar refractivity (Wildman–Crippen MR) is 147 cm³/mol. The molecule has 9 nitrogen and oxygen atoms in total. The molecule has 39 heavy (non-hydrogen) atoms. The van der Waals surface area contributed by atoms with Gasteiger partial charge in [0.2, 0.25) is 0 Å². The lowest BCUT2D eigenvalue weighted by atomic mass is 9.63. The number of carboxylic acid groups (broad SMARTS) is 1. The third kappa shape index (κ3) is 10.2. The molecule has 0 heterocycles. The summed E-state index contributed by atoms with van der Waals surface area (Å²) in [7, 11) is 0. The zero-order valence-corrected chi connectivity index (χ0v) is 24.0. The van der Waals surface area contributed by atoms with Gasteiger partial charge in [-0.2, -0.15) is 0 Å². The normalized spacial score (nSPS) is 25.4. The van der Waals surface area contributed by atoms with Crippen molar-refractivity contribution in [1.82, 2.24) is 0 Å². The number of nitrogens with zero attached hydrogens (tertiary/aromatic N) is 1. The number of aliphatic carboxylic acids is 1. The summed E-state index contributed by atoms with van der Waals surface area (Å²) in [4.78, 5) is 54.8. The SMILES string of the molecule is CCCCCCCON=C1CCC(OC(=O)C(C)CC)C2C1=CC(=O)C(C)C2CCC(=O)CC(O)CC(=O)O. The third-order valence-corrected chi connectivity index (χ3v) is 8.03. The van der Waals surface area contributed by atoms with Crippen molar-refractivity contribution in [2.45, 2.75) is 117 Å². The number of carbonyl (C=O) groups excluding carboxylic acids is 3. The Bertz CT molecular complexity index is 911. The van der Waals surface area contributed by atoms with Crippen LogP contribution in [0.15, 0.2) is 16.8 Å². The number of rotatable bonds is 17. The van der Waals surface area contributed by atoms with Crippen LogP contribution in [0.3, 0.4) is 0 Å². The monoisotopic (exact) mass is 549 g/mol. The number of allylic oxidation sites excluding steroid dienone is 1. The average molecular weight is 550 g/mol. The fraction of sp³-hybridized carbons (Fsp3) is 0.767. The molecule has 0 amide bonds. The number of unbranched alkanes of at least 4 members (excludes halogenated alkanes) is 4. The number of oxime groups is 1.